The molecule has 0 amide bonds. The zero-order valence-electron chi connectivity index (χ0n) is 9.57. The fraction of sp³-hybridized carbons (Fsp3) is 1.00. The third kappa shape index (κ3) is 2.36. The maximum atomic E-state index is 9.13. The maximum absolute atomic E-state index is 9.13. The minimum Gasteiger partial charge on any atom is -0.396 e. The summed E-state index contributed by atoms with van der Waals surface area (Å²) in [5.74, 6) is 3.74. The van der Waals surface area contributed by atoms with Gasteiger partial charge in [0.25, 0.3) is 0 Å². The van der Waals surface area contributed by atoms with Crippen molar-refractivity contribution in [3.63, 3.8) is 0 Å². The molecule has 0 radical (unpaired) electrons. The van der Waals surface area contributed by atoms with Gasteiger partial charge in [-0.05, 0) is 62.3 Å². The van der Waals surface area contributed by atoms with Crippen LogP contribution in [-0.4, -0.2) is 36.2 Å². The van der Waals surface area contributed by atoms with E-state index in [0.29, 0.717) is 12.5 Å². The van der Waals surface area contributed by atoms with Crippen molar-refractivity contribution >= 4 is 0 Å². The summed E-state index contributed by atoms with van der Waals surface area (Å²) in [4.78, 5) is 2.61. The summed E-state index contributed by atoms with van der Waals surface area (Å²) in [6.07, 6.45) is 7.21. The highest BCUT2D eigenvalue weighted by molar-refractivity contribution is 4.93. The molecule has 2 aliphatic carbocycles. The maximum Gasteiger partial charge on any atom is 0.0471 e. The van der Waals surface area contributed by atoms with Gasteiger partial charge in [-0.2, -0.15) is 0 Å². The SMILES string of the molecule is OCC1CCN(CC(C2CC2)C2CC2)C1. The van der Waals surface area contributed by atoms with E-state index in [9.17, 15) is 0 Å². The number of hydrogen-bond donors (Lipinski definition) is 1. The first kappa shape index (κ1) is 10.1. The lowest BCUT2D eigenvalue weighted by Crippen LogP contribution is -2.30. The lowest BCUT2D eigenvalue weighted by atomic mass is 9.97. The number of aliphatic hydroxyl groups excluding tert-OH is 1. The normalized spacial score (nSPS) is 32.8. The van der Waals surface area contributed by atoms with E-state index in [0.717, 1.165) is 24.3 Å². The molecule has 1 saturated heterocycles. The highest BCUT2D eigenvalue weighted by atomic mass is 16.3. The average Bonchev–Trinajstić information content (AvgIpc) is 3.14. The van der Waals surface area contributed by atoms with Crippen molar-refractivity contribution in [2.75, 3.05) is 26.2 Å². The van der Waals surface area contributed by atoms with E-state index in [4.69, 9.17) is 5.11 Å². The third-order valence-electron chi connectivity index (χ3n) is 4.55. The van der Waals surface area contributed by atoms with Gasteiger partial charge in [-0.3, -0.25) is 0 Å². The van der Waals surface area contributed by atoms with Crippen LogP contribution in [-0.2, 0) is 0 Å². The van der Waals surface area contributed by atoms with Crippen molar-refractivity contribution in [2.45, 2.75) is 32.1 Å². The molecule has 1 N–H and O–H groups in total. The largest absolute Gasteiger partial charge is 0.396 e. The number of rotatable bonds is 5. The second-order valence-electron chi connectivity index (χ2n) is 5.94. The fourth-order valence-electron chi connectivity index (χ4n) is 3.26. The van der Waals surface area contributed by atoms with Crippen LogP contribution < -0.4 is 0 Å². The minimum absolute atomic E-state index is 0.397. The van der Waals surface area contributed by atoms with Crippen LogP contribution in [0.4, 0.5) is 0 Å². The van der Waals surface area contributed by atoms with Crippen LogP contribution in [0.1, 0.15) is 32.1 Å². The van der Waals surface area contributed by atoms with Gasteiger partial charge in [-0.15, -0.1) is 0 Å². The van der Waals surface area contributed by atoms with Crippen LogP contribution in [0.5, 0.6) is 0 Å². The zero-order chi connectivity index (χ0) is 10.3. The number of hydrogen-bond acceptors (Lipinski definition) is 2. The molecule has 0 aromatic rings. The molecule has 3 rings (SSSR count). The lowest BCUT2D eigenvalue weighted by Gasteiger charge is -2.23. The molecule has 2 saturated carbocycles. The highest BCUT2D eigenvalue weighted by Gasteiger charge is 2.42. The molecule has 86 valence electrons. The number of aliphatic hydroxyl groups is 1. The molecule has 2 nitrogen and oxygen atoms in total. The Labute approximate surface area is 92.7 Å². The van der Waals surface area contributed by atoms with Crippen molar-refractivity contribution in [3.05, 3.63) is 0 Å². The summed E-state index contributed by atoms with van der Waals surface area (Å²) >= 11 is 0. The van der Waals surface area contributed by atoms with Gasteiger partial charge in [0.05, 0.1) is 0 Å². The predicted octanol–water partition coefficient (Wildman–Crippen LogP) is 1.74. The predicted molar refractivity (Wildman–Crippen MR) is 60.6 cm³/mol. The Hall–Kier alpha value is -0.0800. The Morgan fingerprint density at radius 2 is 1.73 bits per heavy atom. The standard InChI is InChI=1S/C13H23NO/c15-9-10-5-6-14(7-10)8-13(11-1-2-11)12-3-4-12/h10-13,15H,1-9H2. The zero-order valence-corrected chi connectivity index (χ0v) is 9.57. The molecule has 1 aliphatic heterocycles. The first-order valence-corrected chi connectivity index (χ1v) is 6.70. The number of nitrogens with zero attached hydrogens (tertiary/aromatic N) is 1. The molecular formula is C13H23NO. The summed E-state index contributed by atoms with van der Waals surface area (Å²) in [5.41, 5.74) is 0. The van der Waals surface area contributed by atoms with Gasteiger partial charge in [0.15, 0.2) is 0 Å². The molecule has 1 unspecified atom stereocenters. The van der Waals surface area contributed by atoms with Crippen molar-refractivity contribution in [2.24, 2.45) is 23.7 Å². The van der Waals surface area contributed by atoms with Crippen LogP contribution in [0, 0.1) is 23.7 Å². The molecule has 1 atom stereocenters. The van der Waals surface area contributed by atoms with Crippen LogP contribution in [0.15, 0.2) is 0 Å². The van der Waals surface area contributed by atoms with Gasteiger partial charge in [0, 0.05) is 19.7 Å². The van der Waals surface area contributed by atoms with E-state index in [1.165, 1.54) is 45.2 Å². The van der Waals surface area contributed by atoms with Gasteiger partial charge in [-0.1, -0.05) is 0 Å². The smallest absolute Gasteiger partial charge is 0.0471 e. The van der Waals surface area contributed by atoms with Crippen LogP contribution in [0.3, 0.4) is 0 Å². The van der Waals surface area contributed by atoms with Crippen molar-refractivity contribution in [3.8, 4) is 0 Å². The summed E-state index contributed by atoms with van der Waals surface area (Å²) in [6, 6.07) is 0. The molecule has 0 aromatic heterocycles. The molecule has 2 heteroatoms. The summed E-state index contributed by atoms with van der Waals surface area (Å²) in [5, 5.41) is 9.13. The molecule has 0 aromatic carbocycles. The van der Waals surface area contributed by atoms with Crippen molar-refractivity contribution in [1.29, 1.82) is 0 Å². The first-order chi connectivity index (χ1) is 7.36. The topological polar surface area (TPSA) is 23.5 Å². The molecule has 3 fully saturated rings. The lowest BCUT2D eigenvalue weighted by molar-refractivity contribution is 0.201. The van der Waals surface area contributed by atoms with Crippen molar-refractivity contribution in [1.82, 2.24) is 4.90 Å². The second kappa shape index (κ2) is 4.06. The van der Waals surface area contributed by atoms with E-state index in [-0.39, 0.29) is 0 Å². The van der Waals surface area contributed by atoms with Gasteiger partial charge < -0.3 is 10.0 Å². The summed E-state index contributed by atoms with van der Waals surface area (Å²) < 4.78 is 0. The first-order valence-electron chi connectivity index (χ1n) is 6.70. The second-order valence-corrected chi connectivity index (χ2v) is 5.94. The Balaban J connectivity index is 1.50. The molecular weight excluding hydrogens is 186 g/mol. The fourth-order valence-corrected chi connectivity index (χ4v) is 3.26. The summed E-state index contributed by atoms with van der Waals surface area (Å²) in [6.45, 7) is 4.13. The Kier molecular flexibility index (Phi) is 2.73. The average molecular weight is 209 g/mol. The van der Waals surface area contributed by atoms with E-state index >= 15 is 0 Å². The van der Waals surface area contributed by atoms with E-state index in [2.05, 4.69) is 4.90 Å². The molecule has 15 heavy (non-hydrogen) atoms. The quantitative estimate of drug-likeness (QED) is 0.745. The van der Waals surface area contributed by atoms with Crippen molar-refractivity contribution < 1.29 is 5.11 Å². The minimum atomic E-state index is 0.397. The highest BCUT2D eigenvalue weighted by Crippen LogP contribution is 2.49. The third-order valence-corrected chi connectivity index (χ3v) is 4.55. The monoisotopic (exact) mass is 209 g/mol. The Morgan fingerprint density at radius 1 is 1.07 bits per heavy atom. The molecule has 1 heterocycles. The number of likely N-dealkylation sites (tertiary alicyclic amines) is 1. The van der Waals surface area contributed by atoms with Crippen LogP contribution in [0.2, 0.25) is 0 Å². The molecule has 0 bridgehead atoms. The Bertz CT molecular complexity index is 211. The van der Waals surface area contributed by atoms with E-state index < -0.39 is 0 Å². The van der Waals surface area contributed by atoms with Crippen LogP contribution >= 0.6 is 0 Å². The van der Waals surface area contributed by atoms with E-state index in [1.54, 1.807) is 0 Å². The van der Waals surface area contributed by atoms with Gasteiger partial charge >= 0.3 is 0 Å². The van der Waals surface area contributed by atoms with Gasteiger partial charge in [0.1, 0.15) is 0 Å². The molecule has 3 aliphatic rings. The van der Waals surface area contributed by atoms with Gasteiger partial charge in [0.2, 0.25) is 0 Å². The summed E-state index contributed by atoms with van der Waals surface area (Å²) in [7, 11) is 0. The van der Waals surface area contributed by atoms with Gasteiger partial charge in [-0.25, -0.2) is 0 Å². The van der Waals surface area contributed by atoms with Crippen LogP contribution in [0.25, 0.3) is 0 Å². The Morgan fingerprint density at radius 3 is 2.20 bits per heavy atom. The molecule has 0 spiro atoms. The van der Waals surface area contributed by atoms with E-state index in [1.807, 2.05) is 0 Å².